The van der Waals surface area contributed by atoms with Gasteiger partial charge in [-0.3, -0.25) is 9.69 Å². The fourth-order valence-electron chi connectivity index (χ4n) is 3.65. The summed E-state index contributed by atoms with van der Waals surface area (Å²) in [7, 11) is 1.66. The Morgan fingerprint density at radius 2 is 1.70 bits per heavy atom. The lowest BCUT2D eigenvalue weighted by molar-refractivity contribution is -0.119. The zero-order valence-corrected chi connectivity index (χ0v) is 17.0. The minimum Gasteiger partial charge on any atom is -0.497 e. The van der Waals surface area contributed by atoms with E-state index in [-0.39, 0.29) is 24.4 Å². The number of hydrogen-bond donors (Lipinski definition) is 0. The van der Waals surface area contributed by atoms with Crippen molar-refractivity contribution in [3.63, 3.8) is 0 Å². The fraction of sp³-hybridized carbons (Fsp3) is 0.409. The van der Waals surface area contributed by atoms with Crippen molar-refractivity contribution in [1.82, 2.24) is 4.90 Å². The first-order chi connectivity index (χ1) is 12.7. The summed E-state index contributed by atoms with van der Waals surface area (Å²) in [5.41, 5.74) is 2.32. The molecule has 0 aromatic heterocycles. The van der Waals surface area contributed by atoms with E-state index in [2.05, 4.69) is 35.2 Å². The monoisotopic (exact) mass is 388 g/mol. The molecule has 0 atom stereocenters. The highest BCUT2D eigenvalue weighted by Gasteiger charge is 2.28. The molecule has 2 aromatic carbocycles. The third-order valence-electron chi connectivity index (χ3n) is 5.09. The summed E-state index contributed by atoms with van der Waals surface area (Å²) in [6, 6.07) is 18.7. The first kappa shape index (κ1) is 21.3. The van der Waals surface area contributed by atoms with Crippen molar-refractivity contribution >= 4 is 24.0 Å². The maximum absolute atomic E-state index is 12.6. The largest absolute Gasteiger partial charge is 0.497 e. The van der Waals surface area contributed by atoms with Crippen LogP contribution in [0, 0.1) is 0 Å². The SMILES string of the molecule is CCC(=O)N(c1ccc(OC)cc1)C1CCN(Cc2ccccc2)CC1.Cl. The molecule has 0 N–H and O–H groups in total. The smallest absolute Gasteiger partial charge is 0.226 e. The Morgan fingerprint density at radius 1 is 1.07 bits per heavy atom. The summed E-state index contributed by atoms with van der Waals surface area (Å²) in [4.78, 5) is 17.1. The second kappa shape index (κ2) is 10.3. The van der Waals surface area contributed by atoms with Crippen LogP contribution in [0.15, 0.2) is 54.6 Å². The minimum atomic E-state index is 0. The Balaban J connectivity index is 0.00000261. The van der Waals surface area contributed by atoms with Crippen LogP contribution in [-0.4, -0.2) is 37.0 Å². The molecule has 3 rings (SSSR count). The standard InChI is InChI=1S/C22H28N2O2.ClH/c1-3-22(25)24(19-9-11-21(26-2)12-10-19)20-13-15-23(16-14-20)17-18-7-5-4-6-8-18;/h4-12,20H,3,13-17H2,1-2H3;1H. The van der Waals surface area contributed by atoms with Gasteiger partial charge in [0.1, 0.15) is 5.75 Å². The van der Waals surface area contributed by atoms with Gasteiger partial charge in [-0.05, 0) is 42.7 Å². The van der Waals surface area contributed by atoms with Crippen LogP contribution in [0.2, 0.25) is 0 Å². The van der Waals surface area contributed by atoms with E-state index in [0.717, 1.165) is 43.9 Å². The van der Waals surface area contributed by atoms with Gasteiger partial charge in [0.2, 0.25) is 5.91 Å². The Morgan fingerprint density at radius 3 is 2.26 bits per heavy atom. The summed E-state index contributed by atoms with van der Waals surface area (Å²) in [5, 5.41) is 0. The molecule has 1 aliphatic rings. The van der Waals surface area contributed by atoms with E-state index >= 15 is 0 Å². The normalized spacial score (nSPS) is 15.0. The number of anilines is 1. The average Bonchev–Trinajstić information content (AvgIpc) is 2.70. The summed E-state index contributed by atoms with van der Waals surface area (Å²) < 4.78 is 5.24. The highest BCUT2D eigenvalue weighted by Crippen LogP contribution is 2.27. The van der Waals surface area contributed by atoms with E-state index in [1.165, 1.54) is 5.56 Å². The molecule has 1 saturated heterocycles. The molecule has 0 saturated carbocycles. The average molecular weight is 389 g/mol. The van der Waals surface area contributed by atoms with Crippen molar-refractivity contribution in [1.29, 1.82) is 0 Å². The molecule has 1 aliphatic heterocycles. The van der Waals surface area contributed by atoms with Gasteiger partial charge in [-0.1, -0.05) is 37.3 Å². The molecule has 0 aliphatic carbocycles. The molecule has 5 heteroatoms. The summed E-state index contributed by atoms with van der Waals surface area (Å²) in [5.74, 6) is 1.01. The number of ether oxygens (including phenoxy) is 1. The number of halogens is 1. The predicted molar refractivity (Wildman–Crippen MR) is 113 cm³/mol. The zero-order chi connectivity index (χ0) is 18.4. The summed E-state index contributed by atoms with van der Waals surface area (Å²) >= 11 is 0. The Hall–Kier alpha value is -2.04. The third kappa shape index (κ3) is 5.47. The number of piperidine rings is 1. The zero-order valence-electron chi connectivity index (χ0n) is 16.1. The van der Waals surface area contributed by atoms with Crippen LogP contribution in [0.1, 0.15) is 31.7 Å². The Labute approximate surface area is 168 Å². The van der Waals surface area contributed by atoms with E-state index in [4.69, 9.17) is 4.74 Å². The van der Waals surface area contributed by atoms with Crippen LogP contribution < -0.4 is 9.64 Å². The van der Waals surface area contributed by atoms with Crippen molar-refractivity contribution in [2.24, 2.45) is 0 Å². The number of methoxy groups -OCH3 is 1. The molecule has 0 radical (unpaired) electrons. The molecule has 1 heterocycles. The van der Waals surface area contributed by atoms with Gasteiger partial charge in [-0.25, -0.2) is 0 Å². The number of nitrogens with zero attached hydrogens (tertiary/aromatic N) is 2. The molecule has 2 aromatic rings. The van der Waals surface area contributed by atoms with Gasteiger partial charge in [-0.2, -0.15) is 0 Å². The van der Waals surface area contributed by atoms with Crippen LogP contribution in [0.3, 0.4) is 0 Å². The first-order valence-corrected chi connectivity index (χ1v) is 9.43. The minimum absolute atomic E-state index is 0. The molecule has 1 fully saturated rings. The maximum Gasteiger partial charge on any atom is 0.226 e. The summed E-state index contributed by atoms with van der Waals surface area (Å²) in [6.45, 7) is 4.95. The van der Waals surface area contributed by atoms with Crippen molar-refractivity contribution in [2.45, 2.75) is 38.8 Å². The highest BCUT2D eigenvalue weighted by molar-refractivity contribution is 5.93. The fourth-order valence-corrected chi connectivity index (χ4v) is 3.65. The van der Waals surface area contributed by atoms with Crippen LogP contribution in [-0.2, 0) is 11.3 Å². The van der Waals surface area contributed by atoms with Gasteiger partial charge in [0.15, 0.2) is 0 Å². The lowest BCUT2D eigenvalue weighted by Crippen LogP contribution is -2.47. The molecule has 1 amide bonds. The quantitative estimate of drug-likeness (QED) is 0.729. The maximum atomic E-state index is 12.6. The first-order valence-electron chi connectivity index (χ1n) is 9.43. The van der Waals surface area contributed by atoms with Crippen LogP contribution in [0.5, 0.6) is 5.75 Å². The summed E-state index contributed by atoms with van der Waals surface area (Å²) in [6.07, 6.45) is 2.53. The molecule has 0 spiro atoms. The molecule has 0 bridgehead atoms. The molecular formula is C22H29ClN2O2. The second-order valence-electron chi connectivity index (χ2n) is 6.81. The van der Waals surface area contributed by atoms with Gasteiger partial charge in [0.05, 0.1) is 7.11 Å². The predicted octanol–water partition coefficient (Wildman–Crippen LogP) is 4.52. The van der Waals surface area contributed by atoms with Crippen molar-refractivity contribution < 1.29 is 9.53 Å². The molecule has 27 heavy (non-hydrogen) atoms. The number of carbonyl (C=O) groups excluding carboxylic acids is 1. The van der Waals surface area contributed by atoms with E-state index < -0.39 is 0 Å². The van der Waals surface area contributed by atoms with E-state index in [9.17, 15) is 4.79 Å². The van der Waals surface area contributed by atoms with Gasteiger partial charge < -0.3 is 9.64 Å². The number of carbonyl (C=O) groups is 1. The molecule has 4 nitrogen and oxygen atoms in total. The van der Waals surface area contributed by atoms with Crippen LogP contribution in [0.25, 0.3) is 0 Å². The van der Waals surface area contributed by atoms with Gasteiger partial charge in [-0.15, -0.1) is 12.4 Å². The van der Waals surface area contributed by atoms with Crippen molar-refractivity contribution in [3.05, 3.63) is 60.2 Å². The molecule has 146 valence electrons. The Kier molecular flexibility index (Phi) is 8.14. The van der Waals surface area contributed by atoms with Gasteiger partial charge in [0, 0.05) is 37.8 Å². The molecule has 0 unspecified atom stereocenters. The third-order valence-corrected chi connectivity index (χ3v) is 5.09. The lowest BCUT2D eigenvalue weighted by Gasteiger charge is -2.38. The number of likely N-dealkylation sites (tertiary alicyclic amines) is 1. The second-order valence-corrected chi connectivity index (χ2v) is 6.81. The number of hydrogen-bond acceptors (Lipinski definition) is 3. The highest BCUT2D eigenvalue weighted by atomic mass is 35.5. The van der Waals surface area contributed by atoms with E-state index in [1.54, 1.807) is 7.11 Å². The number of rotatable bonds is 6. The van der Waals surface area contributed by atoms with Crippen LogP contribution in [0.4, 0.5) is 5.69 Å². The Bertz CT molecular complexity index is 698. The lowest BCUT2D eigenvalue weighted by atomic mass is 10.0. The molecular weight excluding hydrogens is 360 g/mol. The van der Waals surface area contributed by atoms with E-state index in [0.29, 0.717) is 6.42 Å². The van der Waals surface area contributed by atoms with Crippen LogP contribution >= 0.6 is 12.4 Å². The van der Waals surface area contributed by atoms with Crippen molar-refractivity contribution in [2.75, 3.05) is 25.1 Å². The topological polar surface area (TPSA) is 32.8 Å². The van der Waals surface area contributed by atoms with E-state index in [1.807, 2.05) is 36.1 Å². The number of benzene rings is 2. The van der Waals surface area contributed by atoms with Gasteiger partial charge >= 0.3 is 0 Å². The van der Waals surface area contributed by atoms with Crippen molar-refractivity contribution in [3.8, 4) is 5.75 Å². The van der Waals surface area contributed by atoms with Gasteiger partial charge in [0.25, 0.3) is 0 Å². The number of amides is 1.